The Labute approximate surface area is 173 Å². The largest absolute Gasteiger partial charge is 0.497 e. The van der Waals surface area contributed by atoms with Crippen LogP contribution in [0.4, 0.5) is 0 Å². The summed E-state index contributed by atoms with van der Waals surface area (Å²) in [5.41, 5.74) is 2.02. The van der Waals surface area contributed by atoms with E-state index in [-0.39, 0.29) is 30.2 Å². The van der Waals surface area contributed by atoms with Crippen LogP contribution >= 0.6 is 0 Å². The monoisotopic (exact) mass is 407 g/mol. The van der Waals surface area contributed by atoms with E-state index in [2.05, 4.69) is 20.6 Å². The molecule has 0 bridgehead atoms. The zero-order chi connectivity index (χ0) is 20.5. The summed E-state index contributed by atoms with van der Waals surface area (Å²) in [6, 6.07) is 12.3. The number of hydrogen-bond acceptors (Lipinski definition) is 7. The molecule has 2 fully saturated rings. The third-order valence-electron chi connectivity index (χ3n) is 5.47. The number of nitrogens with one attached hydrogen (secondary N) is 1. The Kier molecular flexibility index (Phi) is 4.89. The number of hydrogen-bond donors (Lipinski definition) is 1. The van der Waals surface area contributed by atoms with E-state index >= 15 is 0 Å². The number of rotatable bonds is 5. The molecule has 3 aromatic rings. The number of amides is 1. The average molecular weight is 407 g/mol. The lowest BCUT2D eigenvalue weighted by atomic mass is 10.1. The Morgan fingerprint density at radius 2 is 1.93 bits per heavy atom. The van der Waals surface area contributed by atoms with Crippen molar-refractivity contribution in [1.82, 2.24) is 25.3 Å². The fourth-order valence-corrected chi connectivity index (χ4v) is 3.89. The second-order valence-corrected chi connectivity index (χ2v) is 7.27. The summed E-state index contributed by atoms with van der Waals surface area (Å²) in [5.74, 6) is 0.535. The Hall–Kier alpha value is -3.30. The smallest absolute Gasteiger partial charge is 0.251 e. The van der Waals surface area contributed by atoms with Gasteiger partial charge in [0, 0.05) is 11.8 Å². The molecule has 30 heavy (non-hydrogen) atoms. The molecule has 0 radical (unpaired) electrons. The summed E-state index contributed by atoms with van der Waals surface area (Å²) in [5, 5.41) is 11.5. The molecule has 5 rings (SSSR count). The van der Waals surface area contributed by atoms with Gasteiger partial charge in [-0.05, 0) is 36.4 Å². The number of methoxy groups -OCH3 is 1. The standard InChI is InChI=1S/C21H21N5O4/c1-28-14-7-5-13(6-8-14)21(27)23-17-11-29-20-18(12-30-19(17)20)26-10-16(24-25-26)15-4-2-3-9-22-15/h2-10,17-20H,11-12H2,1H3,(H,23,27). The van der Waals surface area contributed by atoms with Crippen LogP contribution in [-0.2, 0) is 9.47 Å². The fraction of sp³-hybridized carbons (Fsp3) is 0.333. The van der Waals surface area contributed by atoms with Gasteiger partial charge in [-0.25, -0.2) is 4.68 Å². The molecule has 2 aromatic heterocycles. The zero-order valence-corrected chi connectivity index (χ0v) is 16.3. The number of aromatic nitrogens is 4. The Morgan fingerprint density at radius 3 is 2.70 bits per heavy atom. The fourth-order valence-electron chi connectivity index (χ4n) is 3.89. The number of fused-ring (bicyclic) bond motifs is 1. The normalized spacial score (nSPS) is 25.1. The van der Waals surface area contributed by atoms with E-state index in [0.717, 1.165) is 5.69 Å². The van der Waals surface area contributed by atoms with Crippen LogP contribution in [0.5, 0.6) is 5.75 Å². The van der Waals surface area contributed by atoms with Crippen LogP contribution < -0.4 is 10.1 Å². The molecule has 1 N–H and O–H groups in total. The number of nitrogens with zero attached hydrogens (tertiary/aromatic N) is 4. The van der Waals surface area contributed by atoms with Gasteiger partial charge in [0.1, 0.15) is 29.7 Å². The Morgan fingerprint density at radius 1 is 1.10 bits per heavy atom. The number of carbonyl (C=O) groups excluding carboxylic acids is 1. The maximum atomic E-state index is 12.6. The summed E-state index contributed by atoms with van der Waals surface area (Å²) in [6.07, 6.45) is 3.13. The molecule has 2 saturated heterocycles. The van der Waals surface area contributed by atoms with E-state index < -0.39 is 0 Å². The topological polar surface area (TPSA) is 100 Å². The molecule has 0 aliphatic carbocycles. The van der Waals surface area contributed by atoms with Crippen LogP contribution in [0.3, 0.4) is 0 Å². The number of pyridine rings is 1. The van der Waals surface area contributed by atoms with Gasteiger partial charge in [-0.15, -0.1) is 5.10 Å². The lowest BCUT2D eigenvalue weighted by molar-refractivity contribution is 0.0613. The molecular weight excluding hydrogens is 386 g/mol. The van der Waals surface area contributed by atoms with E-state index in [1.807, 2.05) is 24.4 Å². The number of ether oxygens (including phenoxy) is 3. The average Bonchev–Trinajstić information content (AvgIpc) is 3.52. The third kappa shape index (κ3) is 3.42. The van der Waals surface area contributed by atoms with Gasteiger partial charge >= 0.3 is 0 Å². The zero-order valence-electron chi connectivity index (χ0n) is 16.3. The van der Waals surface area contributed by atoms with Crippen molar-refractivity contribution in [2.24, 2.45) is 0 Å². The molecule has 2 aliphatic heterocycles. The predicted octanol–water partition coefficient (Wildman–Crippen LogP) is 1.49. The van der Waals surface area contributed by atoms with Crippen LogP contribution in [0.15, 0.2) is 54.9 Å². The maximum Gasteiger partial charge on any atom is 0.251 e. The van der Waals surface area contributed by atoms with Crippen LogP contribution in [0.25, 0.3) is 11.4 Å². The molecule has 9 nitrogen and oxygen atoms in total. The molecule has 1 aromatic carbocycles. The van der Waals surface area contributed by atoms with Crippen molar-refractivity contribution in [3.05, 3.63) is 60.4 Å². The van der Waals surface area contributed by atoms with Gasteiger partial charge in [-0.3, -0.25) is 9.78 Å². The van der Waals surface area contributed by atoms with E-state index in [1.165, 1.54) is 0 Å². The molecule has 4 heterocycles. The minimum absolute atomic E-state index is 0.108. The molecule has 0 saturated carbocycles. The lowest BCUT2D eigenvalue weighted by Crippen LogP contribution is -2.44. The van der Waals surface area contributed by atoms with Crippen LogP contribution in [-0.4, -0.2) is 64.5 Å². The van der Waals surface area contributed by atoms with E-state index in [0.29, 0.717) is 30.2 Å². The van der Waals surface area contributed by atoms with Gasteiger partial charge in [0.25, 0.3) is 5.91 Å². The third-order valence-corrected chi connectivity index (χ3v) is 5.47. The second kappa shape index (κ2) is 7.85. The number of carbonyl (C=O) groups is 1. The SMILES string of the molecule is COc1ccc(C(=O)NC2COC3C2OCC3n2cc(-c3ccccn3)nn2)cc1. The van der Waals surface area contributed by atoms with Gasteiger partial charge < -0.3 is 19.5 Å². The number of benzene rings is 1. The van der Waals surface area contributed by atoms with E-state index in [4.69, 9.17) is 14.2 Å². The summed E-state index contributed by atoms with van der Waals surface area (Å²) in [6.45, 7) is 0.824. The molecular formula is C21H21N5O4. The summed E-state index contributed by atoms with van der Waals surface area (Å²) >= 11 is 0. The molecule has 9 heteroatoms. The minimum Gasteiger partial charge on any atom is -0.497 e. The molecule has 0 spiro atoms. The highest BCUT2D eigenvalue weighted by molar-refractivity contribution is 5.94. The summed E-state index contributed by atoms with van der Waals surface area (Å²) in [7, 11) is 1.59. The highest BCUT2D eigenvalue weighted by atomic mass is 16.6. The first-order chi connectivity index (χ1) is 14.7. The van der Waals surface area contributed by atoms with Crippen LogP contribution in [0.2, 0.25) is 0 Å². The lowest BCUT2D eigenvalue weighted by Gasteiger charge is -2.18. The summed E-state index contributed by atoms with van der Waals surface area (Å²) in [4.78, 5) is 16.9. The van der Waals surface area contributed by atoms with Crippen molar-refractivity contribution in [2.45, 2.75) is 24.3 Å². The van der Waals surface area contributed by atoms with Crippen molar-refractivity contribution in [3.63, 3.8) is 0 Å². The highest BCUT2D eigenvalue weighted by Crippen LogP contribution is 2.34. The van der Waals surface area contributed by atoms with Gasteiger partial charge in [0.05, 0.1) is 38.3 Å². The van der Waals surface area contributed by atoms with E-state index in [9.17, 15) is 4.79 Å². The first-order valence-electron chi connectivity index (χ1n) is 9.74. The van der Waals surface area contributed by atoms with Crippen LogP contribution in [0.1, 0.15) is 16.4 Å². The van der Waals surface area contributed by atoms with E-state index in [1.54, 1.807) is 42.3 Å². The van der Waals surface area contributed by atoms with Crippen molar-refractivity contribution >= 4 is 5.91 Å². The molecule has 1 amide bonds. The van der Waals surface area contributed by atoms with Gasteiger partial charge in [0.15, 0.2) is 0 Å². The molecule has 2 aliphatic rings. The first-order valence-corrected chi connectivity index (χ1v) is 9.74. The highest BCUT2D eigenvalue weighted by Gasteiger charge is 2.49. The first kappa shape index (κ1) is 18.7. The summed E-state index contributed by atoms with van der Waals surface area (Å²) < 4.78 is 18.9. The van der Waals surface area contributed by atoms with Gasteiger partial charge in [-0.2, -0.15) is 0 Å². The second-order valence-electron chi connectivity index (χ2n) is 7.27. The maximum absolute atomic E-state index is 12.6. The quantitative estimate of drug-likeness (QED) is 0.684. The molecule has 4 atom stereocenters. The van der Waals surface area contributed by atoms with Crippen molar-refractivity contribution < 1.29 is 19.0 Å². The molecule has 4 unspecified atom stereocenters. The predicted molar refractivity (Wildman–Crippen MR) is 106 cm³/mol. The molecule has 154 valence electrons. The van der Waals surface area contributed by atoms with Crippen molar-refractivity contribution in [2.75, 3.05) is 20.3 Å². The van der Waals surface area contributed by atoms with Crippen molar-refractivity contribution in [1.29, 1.82) is 0 Å². The Balaban J connectivity index is 1.26. The minimum atomic E-state index is -0.236. The van der Waals surface area contributed by atoms with Crippen LogP contribution in [0, 0.1) is 0 Å². The Bertz CT molecular complexity index is 1020. The van der Waals surface area contributed by atoms with Crippen molar-refractivity contribution in [3.8, 4) is 17.1 Å². The van der Waals surface area contributed by atoms with Gasteiger partial charge in [-0.1, -0.05) is 11.3 Å². The van der Waals surface area contributed by atoms with Gasteiger partial charge in [0.2, 0.25) is 0 Å².